The van der Waals surface area contributed by atoms with Crippen LogP contribution in [0, 0.1) is 0 Å². The van der Waals surface area contributed by atoms with E-state index in [2.05, 4.69) is 46.6 Å². The predicted molar refractivity (Wildman–Crippen MR) is 85.0 cm³/mol. The molecule has 21 heavy (non-hydrogen) atoms. The summed E-state index contributed by atoms with van der Waals surface area (Å²) < 4.78 is 5.50. The number of nitrogens with zero attached hydrogens (tertiary/aromatic N) is 1. The van der Waals surface area contributed by atoms with Crippen LogP contribution in [-0.2, 0) is 6.54 Å². The summed E-state index contributed by atoms with van der Waals surface area (Å²) in [4.78, 5) is 2.56. The first-order valence-electron chi connectivity index (χ1n) is 7.85. The molecule has 0 aliphatic heterocycles. The van der Waals surface area contributed by atoms with Crippen molar-refractivity contribution in [1.29, 1.82) is 0 Å². The first-order chi connectivity index (χ1) is 10.4. The van der Waals surface area contributed by atoms with Crippen LogP contribution in [0.2, 0.25) is 0 Å². The van der Waals surface area contributed by atoms with Gasteiger partial charge in [-0.1, -0.05) is 30.3 Å². The molecule has 112 valence electrons. The largest absolute Gasteiger partial charge is 0.468 e. The van der Waals surface area contributed by atoms with Gasteiger partial charge in [0.15, 0.2) is 0 Å². The van der Waals surface area contributed by atoms with Gasteiger partial charge in [0.2, 0.25) is 0 Å². The van der Waals surface area contributed by atoms with E-state index in [1.54, 1.807) is 6.26 Å². The van der Waals surface area contributed by atoms with Gasteiger partial charge < -0.3 is 9.73 Å². The number of hydrogen-bond acceptors (Lipinski definition) is 3. The topological polar surface area (TPSA) is 28.4 Å². The van der Waals surface area contributed by atoms with E-state index in [9.17, 15) is 0 Å². The van der Waals surface area contributed by atoms with E-state index in [1.807, 2.05) is 13.1 Å². The molecule has 1 atom stereocenters. The summed E-state index contributed by atoms with van der Waals surface area (Å²) >= 11 is 0. The van der Waals surface area contributed by atoms with Gasteiger partial charge in [-0.15, -0.1) is 0 Å². The Balaban J connectivity index is 1.58. The molecule has 0 bridgehead atoms. The summed E-state index contributed by atoms with van der Waals surface area (Å²) in [6.45, 7) is 2.04. The molecule has 3 heteroatoms. The van der Waals surface area contributed by atoms with Gasteiger partial charge in [-0.25, -0.2) is 0 Å². The summed E-state index contributed by atoms with van der Waals surface area (Å²) in [6, 6.07) is 15.9. The van der Waals surface area contributed by atoms with Crippen molar-refractivity contribution in [2.24, 2.45) is 0 Å². The molecule has 1 aromatic heterocycles. The molecule has 1 aliphatic rings. The Morgan fingerprint density at radius 2 is 2.00 bits per heavy atom. The summed E-state index contributed by atoms with van der Waals surface area (Å²) in [5, 5.41) is 3.44. The highest BCUT2D eigenvalue weighted by Crippen LogP contribution is 2.29. The second kappa shape index (κ2) is 6.92. The molecule has 1 saturated carbocycles. The highest BCUT2D eigenvalue weighted by atomic mass is 16.3. The van der Waals surface area contributed by atoms with Crippen LogP contribution in [0.3, 0.4) is 0 Å². The number of benzene rings is 1. The lowest BCUT2D eigenvalue weighted by atomic mass is 10.0. The van der Waals surface area contributed by atoms with Crippen molar-refractivity contribution >= 4 is 0 Å². The van der Waals surface area contributed by atoms with E-state index < -0.39 is 0 Å². The Hall–Kier alpha value is -1.58. The maximum atomic E-state index is 5.50. The summed E-state index contributed by atoms with van der Waals surface area (Å²) in [7, 11) is 2.05. The third-order valence-electron chi connectivity index (χ3n) is 4.26. The van der Waals surface area contributed by atoms with Crippen LogP contribution in [0.1, 0.15) is 36.6 Å². The second-order valence-corrected chi connectivity index (χ2v) is 5.82. The fraction of sp³-hybridized carbons (Fsp3) is 0.444. The minimum Gasteiger partial charge on any atom is -0.468 e. The highest BCUT2D eigenvalue weighted by molar-refractivity contribution is 5.18. The summed E-state index contributed by atoms with van der Waals surface area (Å²) in [6.07, 6.45) is 5.55. The fourth-order valence-electron chi connectivity index (χ4n) is 2.89. The Morgan fingerprint density at radius 1 is 1.19 bits per heavy atom. The molecule has 1 aromatic carbocycles. The van der Waals surface area contributed by atoms with E-state index in [4.69, 9.17) is 4.42 Å². The number of furan rings is 1. The van der Waals surface area contributed by atoms with Crippen molar-refractivity contribution < 1.29 is 4.42 Å². The van der Waals surface area contributed by atoms with Crippen LogP contribution in [-0.4, -0.2) is 24.5 Å². The molecule has 0 saturated heterocycles. The molecule has 1 aliphatic carbocycles. The van der Waals surface area contributed by atoms with Gasteiger partial charge in [0.1, 0.15) is 5.76 Å². The zero-order valence-corrected chi connectivity index (χ0v) is 12.7. The van der Waals surface area contributed by atoms with Crippen LogP contribution in [0.5, 0.6) is 0 Å². The SMILES string of the molecule is CNC(CCN(Cc1ccco1)C1CC1)c1ccccc1. The third kappa shape index (κ3) is 3.96. The van der Waals surface area contributed by atoms with Crippen LogP contribution in [0.15, 0.2) is 53.1 Å². The quantitative estimate of drug-likeness (QED) is 0.803. The maximum absolute atomic E-state index is 5.50. The molecular weight excluding hydrogens is 260 g/mol. The minimum atomic E-state index is 0.420. The average Bonchev–Trinajstić information content (AvgIpc) is 3.25. The molecule has 2 aromatic rings. The van der Waals surface area contributed by atoms with Gasteiger partial charge in [0.25, 0.3) is 0 Å². The van der Waals surface area contributed by atoms with Crippen molar-refractivity contribution in [2.45, 2.75) is 37.9 Å². The lowest BCUT2D eigenvalue weighted by molar-refractivity contribution is 0.222. The van der Waals surface area contributed by atoms with Gasteiger partial charge in [-0.3, -0.25) is 4.90 Å². The number of rotatable bonds is 8. The van der Waals surface area contributed by atoms with Crippen molar-refractivity contribution in [3.05, 3.63) is 60.1 Å². The second-order valence-electron chi connectivity index (χ2n) is 5.82. The standard InChI is InChI=1S/C18H24N2O/c1-19-18(15-6-3-2-4-7-15)11-12-20(16-9-10-16)14-17-8-5-13-21-17/h2-8,13,16,18-19H,9-12,14H2,1H3. The molecule has 3 nitrogen and oxygen atoms in total. The predicted octanol–water partition coefficient (Wildman–Crippen LogP) is 3.59. The first kappa shape index (κ1) is 14.4. The van der Waals surface area contributed by atoms with Crippen LogP contribution in [0.4, 0.5) is 0 Å². The van der Waals surface area contributed by atoms with E-state index in [0.29, 0.717) is 6.04 Å². The average molecular weight is 284 g/mol. The fourth-order valence-corrected chi connectivity index (χ4v) is 2.89. The zero-order valence-electron chi connectivity index (χ0n) is 12.7. The first-order valence-corrected chi connectivity index (χ1v) is 7.85. The lowest BCUT2D eigenvalue weighted by Crippen LogP contribution is -2.29. The molecule has 0 amide bonds. The monoisotopic (exact) mass is 284 g/mol. The minimum absolute atomic E-state index is 0.420. The molecular formula is C18H24N2O. The lowest BCUT2D eigenvalue weighted by Gasteiger charge is -2.24. The Morgan fingerprint density at radius 3 is 2.62 bits per heavy atom. The smallest absolute Gasteiger partial charge is 0.117 e. The van der Waals surface area contributed by atoms with Crippen molar-refractivity contribution in [3.63, 3.8) is 0 Å². The number of hydrogen-bond donors (Lipinski definition) is 1. The van der Waals surface area contributed by atoms with E-state index in [0.717, 1.165) is 31.3 Å². The van der Waals surface area contributed by atoms with E-state index >= 15 is 0 Å². The maximum Gasteiger partial charge on any atom is 0.117 e. The molecule has 1 unspecified atom stereocenters. The van der Waals surface area contributed by atoms with Crippen molar-refractivity contribution in [2.75, 3.05) is 13.6 Å². The van der Waals surface area contributed by atoms with Crippen molar-refractivity contribution in [3.8, 4) is 0 Å². The van der Waals surface area contributed by atoms with Gasteiger partial charge >= 0.3 is 0 Å². The van der Waals surface area contributed by atoms with E-state index in [1.165, 1.54) is 18.4 Å². The summed E-state index contributed by atoms with van der Waals surface area (Å²) in [5.74, 6) is 1.07. The van der Waals surface area contributed by atoms with Gasteiger partial charge in [-0.2, -0.15) is 0 Å². The zero-order chi connectivity index (χ0) is 14.5. The van der Waals surface area contributed by atoms with Gasteiger partial charge in [-0.05, 0) is 44.0 Å². The molecule has 1 heterocycles. The van der Waals surface area contributed by atoms with Crippen LogP contribution in [0.25, 0.3) is 0 Å². The summed E-state index contributed by atoms with van der Waals surface area (Å²) in [5.41, 5.74) is 1.37. The van der Waals surface area contributed by atoms with Gasteiger partial charge in [0.05, 0.1) is 12.8 Å². The van der Waals surface area contributed by atoms with Gasteiger partial charge in [0, 0.05) is 18.6 Å². The Kier molecular flexibility index (Phi) is 4.73. The highest BCUT2D eigenvalue weighted by Gasteiger charge is 2.29. The Labute approximate surface area is 127 Å². The van der Waals surface area contributed by atoms with Crippen LogP contribution >= 0.6 is 0 Å². The molecule has 1 N–H and O–H groups in total. The normalized spacial score (nSPS) is 16.3. The molecule has 3 rings (SSSR count). The number of nitrogens with one attached hydrogen (secondary N) is 1. The van der Waals surface area contributed by atoms with Crippen molar-refractivity contribution in [1.82, 2.24) is 10.2 Å². The van der Waals surface area contributed by atoms with E-state index in [-0.39, 0.29) is 0 Å². The molecule has 1 fully saturated rings. The van der Waals surface area contributed by atoms with Crippen LogP contribution < -0.4 is 5.32 Å². The Bertz CT molecular complexity index is 519. The third-order valence-corrected chi connectivity index (χ3v) is 4.26. The molecule has 0 radical (unpaired) electrons. The molecule has 0 spiro atoms.